The van der Waals surface area contributed by atoms with Crippen LogP contribution < -0.4 is 5.32 Å². The van der Waals surface area contributed by atoms with Crippen LogP contribution in [0.15, 0.2) is 18.2 Å². The third-order valence-electron chi connectivity index (χ3n) is 3.07. The van der Waals surface area contributed by atoms with Gasteiger partial charge >= 0.3 is 0 Å². The van der Waals surface area contributed by atoms with Crippen LogP contribution in [0.25, 0.3) is 0 Å². The van der Waals surface area contributed by atoms with Gasteiger partial charge in [0.1, 0.15) is 0 Å². The molecule has 0 saturated heterocycles. The number of likely N-dealkylation sites (N-methyl/N-ethyl adjacent to an activating group) is 1. The van der Waals surface area contributed by atoms with Crippen LogP contribution in [0.2, 0.25) is 0 Å². The Hall–Kier alpha value is -0.860. The van der Waals surface area contributed by atoms with Crippen molar-refractivity contribution in [3.8, 4) is 0 Å². The van der Waals surface area contributed by atoms with E-state index in [0.29, 0.717) is 0 Å². The van der Waals surface area contributed by atoms with Crippen LogP contribution in [0.4, 0.5) is 0 Å². The largest absolute Gasteiger partial charge is 0.377 e. The molecule has 0 spiro atoms. The second-order valence-corrected chi connectivity index (χ2v) is 4.59. The molecule has 2 unspecified atom stereocenters. The van der Waals surface area contributed by atoms with E-state index >= 15 is 0 Å². The third kappa shape index (κ3) is 3.83. The van der Waals surface area contributed by atoms with Crippen molar-refractivity contribution in [2.75, 3.05) is 13.7 Å². The third-order valence-corrected chi connectivity index (χ3v) is 3.07. The smallest absolute Gasteiger partial charge is 0.0766 e. The molecule has 2 nitrogen and oxygen atoms in total. The molecule has 1 rings (SSSR count). The first-order valence-corrected chi connectivity index (χ1v) is 6.49. The standard InChI is InChI=1S/C15H25NO/c1-6-14(17-7-2)15(16-5)13-9-11(3)8-12(4)10-13/h8-10,14-16H,6-7H2,1-5H3. The molecule has 0 fully saturated rings. The summed E-state index contributed by atoms with van der Waals surface area (Å²) in [7, 11) is 2.00. The van der Waals surface area contributed by atoms with Crippen molar-refractivity contribution >= 4 is 0 Å². The van der Waals surface area contributed by atoms with Crippen LogP contribution in [0.1, 0.15) is 43.0 Å². The van der Waals surface area contributed by atoms with Crippen molar-refractivity contribution < 1.29 is 4.74 Å². The summed E-state index contributed by atoms with van der Waals surface area (Å²) in [6.07, 6.45) is 1.26. The Kier molecular flexibility index (Phi) is 5.66. The fourth-order valence-corrected chi connectivity index (χ4v) is 2.42. The lowest BCUT2D eigenvalue weighted by molar-refractivity contribution is 0.0334. The molecular weight excluding hydrogens is 210 g/mol. The van der Waals surface area contributed by atoms with Gasteiger partial charge in [-0.3, -0.25) is 0 Å². The predicted octanol–water partition coefficient (Wildman–Crippen LogP) is 3.38. The molecule has 0 amide bonds. The molecule has 0 aliphatic carbocycles. The minimum Gasteiger partial charge on any atom is -0.377 e. The lowest BCUT2D eigenvalue weighted by Gasteiger charge is -2.26. The number of hydrogen-bond donors (Lipinski definition) is 1. The molecule has 1 aromatic carbocycles. The molecule has 0 bridgehead atoms. The van der Waals surface area contributed by atoms with Gasteiger partial charge in [-0.25, -0.2) is 0 Å². The van der Waals surface area contributed by atoms with E-state index in [1.807, 2.05) is 7.05 Å². The average Bonchev–Trinajstić information content (AvgIpc) is 2.27. The minimum absolute atomic E-state index is 0.242. The van der Waals surface area contributed by atoms with Gasteiger partial charge in [-0.05, 0) is 39.8 Å². The zero-order valence-corrected chi connectivity index (χ0v) is 11.7. The Morgan fingerprint density at radius 3 is 2.12 bits per heavy atom. The van der Waals surface area contributed by atoms with Crippen molar-refractivity contribution in [1.82, 2.24) is 5.32 Å². The lowest BCUT2D eigenvalue weighted by atomic mass is 9.96. The minimum atomic E-state index is 0.242. The van der Waals surface area contributed by atoms with Gasteiger partial charge in [0.2, 0.25) is 0 Å². The first-order chi connectivity index (χ1) is 8.12. The number of ether oxygens (including phenoxy) is 1. The topological polar surface area (TPSA) is 21.3 Å². The second-order valence-electron chi connectivity index (χ2n) is 4.59. The summed E-state index contributed by atoms with van der Waals surface area (Å²) in [6, 6.07) is 6.97. The highest BCUT2D eigenvalue weighted by molar-refractivity contribution is 5.31. The zero-order valence-electron chi connectivity index (χ0n) is 11.7. The van der Waals surface area contributed by atoms with Crippen molar-refractivity contribution in [1.29, 1.82) is 0 Å². The maximum Gasteiger partial charge on any atom is 0.0766 e. The van der Waals surface area contributed by atoms with E-state index < -0.39 is 0 Å². The number of rotatable bonds is 6. The van der Waals surface area contributed by atoms with Crippen molar-refractivity contribution in [3.05, 3.63) is 34.9 Å². The summed E-state index contributed by atoms with van der Waals surface area (Å²) in [4.78, 5) is 0. The first-order valence-electron chi connectivity index (χ1n) is 6.49. The first kappa shape index (κ1) is 14.2. The maximum absolute atomic E-state index is 5.82. The summed E-state index contributed by atoms with van der Waals surface area (Å²) in [5.41, 5.74) is 3.95. The Bertz CT molecular complexity index is 329. The van der Waals surface area contributed by atoms with Crippen molar-refractivity contribution in [2.45, 2.75) is 46.3 Å². The molecule has 96 valence electrons. The van der Waals surface area contributed by atoms with Crippen LogP contribution in [0.5, 0.6) is 0 Å². The van der Waals surface area contributed by atoms with Crippen molar-refractivity contribution in [3.63, 3.8) is 0 Å². The van der Waals surface area contributed by atoms with Gasteiger partial charge in [0.15, 0.2) is 0 Å². The lowest BCUT2D eigenvalue weighted by Crippen LogP contribution is -2.31. The predicted molar refractivity (Wildman–Crippen MR) is 73.4 cm³/mol. The number of aryl methyl sites for hydroxylation is 2. The Labute approximate surface area is 105 Å². The summed E-state index contributed by atoms with van der Waals surface area (Å²) >= 11 is 0. The monoisotopic (exact) mass is 235 g/mol. The van der Waals surface area contributed by atoms with E-state index in [-0.39, 0.29) is 12.1 Å². The van der Waals surface area contributed by atoms with E-state index in [0.717, 1.165) is 13.0 Å². The molecule has 0 radical (unpaired) electrons. The quantitative estimate of drug-likeness (QED) is 0.816. The summed E-state index contributed by atoms with van der Waals surface area (Å²) in [6.45, 7) is 9.28. The normalized spacial score (nSPS) is 14.6. The highest BCUT2D eigenvalue weighted by Gasteiger charge is 2.20. The molecule has 2 atom stereocenters. The number of benzene rings is 1. The van der Waals surface area contributed by atoms with E-state index in [1.165, 1.54) is 16.7 Å². The highest BCUT2D eigenvalue weighted by atomic mass is 16.5. The molecular formula is C15H25NO. The molecule has 0 saturated carbocycles. The SMILES string of the molecule is CCOC(CC)C(NC)c1cc(C)cc(C)c1. The van der Waals surface area contributed by atoms with Gasteiger partial charge in [0, 0.05) is 6.61 Å². The Morgan fingerprint density at radius 2 is 1.71 bits per heavy atom. The van der Waals surface area contributed by atoms with Gasteiger partial charge in [-0.2, -0.15) is 0 Å². The van der Waals surface area contributed by atoms with Gasteiger partial charge in [-0.15, -0.1) is 0 Å². The molecule has 17 heavy (non-hydrogen) atoms. The van der Waals surface area contributed by atoms with E-state index in [2.05, 4.69) is 51.2 Å². The molecule has 0 aromatic heterocycles. The highest BCUT2D eigenvalue weighted by Crippen LogP contribution is 2.23. The molecule has 1 aromatic rings. The Balaban J connectivity index is 2.98. The number of hydrogen-bond acceptors (Lipinski definition) is 2. The average molecular weight is 235 g/mol. The van der Waals surface area contributed by atoms with E-state index in [4.69, 9.17) is 4.74 Å². The van der Waals surface area contributed by atoms with Gasteiger partial charge in [-0.1, -0.05) is 36.2 Å². The maximum atomic E-state index is 5.82. The van der Waals surface area contributed by atoms with Gasteiger partial charge in [0.25, 0.3) is 0 Å². The summed E-state index contributed by atoms with van der Waals surface area (Å²) in [5, 5.41) is 3.38. The van der Waals surface area contributed by atoms with Gasteiger partial charge in [0.05, 0.1) is 12.1 Å². The fraction of sp³-hybridized carbons (Fsp3) is 0.600. The molecule has 2 heteroatoms. The second kappa shape index (κ2) is 6.77. The van der Waals surface area contributed by atoms with Crippen LogP contribution in [0.3, 0.4) is 0 Å². The molecule has 0 aliphatic heterocycles. The molecule has 1 N–H and O–H groups in total. The van der Waals surface area contributed by atoms with E-state index in [1.54, 1.807) is 0 Å². The number of nitrogens with one attached hydrogen (secondary N) is 1. The van der Waals surface area contributed by atoms with Crippen molar-refractivity contribution in [2.24, 2.45) is 0 Å². The molecule has 0 heterocycles. The van der Waals surface area contributed by atoms with E-state index in [9.17, 15) is 0 Å². The summed E-state index contributed by atoms with van der Waals surface area (Å²) < 4.78 is 5.82. The summed E-state index contributed by atoms with van der Waals surface area (Å²) in [5.74, 6) is 0. The van der Waals surface area contributed by atoms with Crippen LogP contribution in [0, 0.1) is 13.8 Å². The van der Waals surface area contributed by atoms with Gasteiger partial charge < -0.3 is 10.1 Å². The van der Waals surface area contributed by atoms with Crippen LogP contribution >= 0.6 is 0 Å². The van der Waals surface area contributed by atoms with Crippen LogP contribution in [-0.4, -0.2) is 19.8 Å². The van der Waals surface area contributed by atoms with Crippen LogP contribution in [-0.2, 0) is 4.74 Å². The zero-order chi connectivity index (χ0) is 12.8. The fourth-order valence-electron chi connectivity index (χ4n) is 2.42. The Morgan fingerprint density at radius 1 is 1.12 bits per heavy atom. The molecule has 0 aliphatic rings.